The number of aromatic nitrogens is 4. The zero-order valence-corrected chi connectivity index (χ0v) is 13.0. The Balaban J connectivity index is 1.75. The molecule has 0 saturated heterocycles. The van der Waals surface area contributed by atoms with E-state index in [4.69, 9.17) is 4.52 Å². The summed E-state index contributed by atoms with van der Waals surface area (Å²) in [6, 6.07) is 0.375. The molecule has 0 saturated carbocycles. The lowest BCUT2D eigenvalue weighted by molar-refractivity contribution is 0.312. The van der Waals surface area contributed by atoms with Gasteiger partial charge in [0.2, 0.25) is 5.89 Å². The lowest BCUT2D eigenvalue weighted by Gasteiger charge is -2.26. The molecule has 2 atom stereocenters. The van der Waals surface area contributed by atoms with Crippen LogP contribution in [-0.4, -0.2) is 19.9 Å². The van der Waals surface area contributed by atoms with Gasteiger partial charge in [0.05, 0.1) is 12.2 Å². The topological polar surface area (TPSA) is 68.8 Å². The molecule has 2 unspecified atom stereocenters. The van der Waals surface area contributed by atoms with Crippen LogP contribution in [0.3, 0.4) is 0 Å². The predicted molar refractivity (Wildman–Crippen MR) is 78.8 cm³/mol. The highest BCUT2D eigenvalue weighted by molar-refractivity contribution is 5.25. The molecule has 114 valence electrons. The van der Waals surface area contributed by atoms with Crippen LogP contribution >= 0.6 is 0 Å². The minimum Gasteiger partial charge on any atom is -0.338 e. The highest BCUT2D eigenvalue weighted by Gasteiger charge is 2.26. The average molecular weight is 289 g/mol. The quantitative estimate of drug-likeness (QED) is 0.916. The molecule has 1 aliphatic carbocycles. The summed E-state index contributed by atoms with van der Waals surface area (Å²) < 4.78 is 7.44. The first-order valence-electron chi connectivity index (χ1n) is 7.86. The van der Waals surface area contributed by atoms with Gasteiger partial charge in [-0.2, -0.15) is 10.1 Å². The van der Waals surface area contributed by atoms with Gasteiger partial charge in [0.25, 0.3) is 0 Å². The number of fused-ring (bicyclic) bond motifs is 1. The van der Waals surface area contributed by atoms with Gasteiger partial charge in [-0.05, 0) is 33.1 Å². The van der Waals surface area contributed by atoms with Crippen LogP contribution in [0, 0.1) is 0 Å². The Hall–Kier alpha value is -1.69. The molecule has 6 heteroatoms. The molecular weight excluding hydrogens is 266 g/mol. The third-order valence-corrected chi connectivity index (χ3v) is 4.18. The summed E-state index contributed by atoms with van der Waals surface area (Å²) >= 11 is 0. The van der Waals surface area contributed by atoms with E-state index in [-0.39, 0.29) is 6.04 Å². The number of hydrogen-bond acceptors (Lipinski definition) is 5. The first-order chi connectivity index (χ1) is 10.2. The molecule has 0 spiro atoms. The second kappa shape index (κ2) is 5.97. The Labute approximate surface area is 124 Å². The number of nitrogens with one attached hydrogen (secondary N) is 1. The van der Waals surface area contributed by atoms with Crippen LogP contribution in [0.4, 0.5) is 0 Å². The van der Waals surface area contributed by atoms with Crippen LogP contribution in [0.1, 0.15) is 68.7 Å². The Kier molecular flexibility index (Phi) is 4.05. The van der Waals surface area contributed by atoms with E-state index in [1.54, 1.807) is 0 Å². The molecule has 1 aliphatic rings. The molecule has 3 rings (SSSR count). The lowest BCUT2D eigenvalue weighted by Crippen LogP contribution is -2.28. The van der Waals surface area contributed by atoms with E-state index in [0.717, 1.165) is 31.6 Å². The van der Waals surface area contributed by atoms with Crippen molar-refractivity contribution in [3.8, 4) is 0 Å². The van der Waals surface area contributed by atoms with Gasteiger partial charge in [-0.3, -0.25) is 10.00 Å². The number of nitrogens with zero attached hydrogens (tertiary/aromatic N) is 4. The largest absolute Gasteiger partial charge is 0.338 e. The van der Waals surface area contributed by atoms with Gasteiger partial charge in [0, 0.05) is 30.3 Å². The van der Waals surface area contributed by atoms with Gasteiger partial charge in [-0.1, -0.05) is 12.1 Å². The molecule has 2 aromatic rings. The van der Waals surface area contributed by atoms with Crippen LogP contribution in [0.5, 0.6) is 0 Å². The molecule has 21 heavy (non-hydrogen) atoms. The maximum absolute atomic E-state index is 5.33. The normalized spacial score (nSPS) is 19.5. The maximum Gasteiger partial charge on any atom is 0.243 e. The fourth-order valence-corrected chi connectivity index (χ4v) is 3.02. The van der Waals surface area contributed by atoms with Crippen molar-refractivity contribution in [1.82, 2.24) is 25.2 Å². The van der Waals surface area contributed by atoms with Gasteiger partial charge >= 0.3 is 0 Å². The zero-order chi connectivity index (χ0) is 14.8. The van der Waals surface area contributed by atoms with Crippen molar-refractivity contribution < 1.29 is 4.52 Å². The lowest BCUT2D eigenvalue weighted by atomic mass is 9.92. The van der Waals surface area contributed by atoms with E-state index in [1.165, 1.54) is 17.7 Å². The number of aryl methyl sites for hydroxylation is 2. The molecule has 0 bridgehead atoms. The number of hydrogen-bond donors (Lipinski definition) is 1. The van der Waals surface area contributed by atoms with Crippen molar-refractivity contribution in [2.75, 3.05) is 0 Å². The van der Waals surface area contributed by atoms with E-state index in [2.05, 4.69) is 39.1 Å². The SMILES string of the molecule is CCc1noc(C(C)NC2CCCc3c2cnn3CC)n1. The van der Waals surface area contributed by atoms with E-state index < -0.39 is 0 Å². The van der Waals surface area contributed by atoms with E-state index >= 15 is 0 Å². The van der Waals surface area contributed by atoms with Gasteiger partial charge in [0.1, 0.15) is 0 Å². The van der Waals surface area contributed by atoms with E-state index in [0.29, 0.717) is 11.9 Å². The van der Waals surface area contributed by atoms with Crippen molar-refractivity contribution in [3.63, 3.8) is 0 Å². The van der Waals surface area contributed by atoms with Crippen LogP contribution in [0.2, 0.25) is 0 Å². The van der Waals surface area contributed by atoms with Crippen molar-refractivity contribution in [1.29, 1.82) is 0 Å². The Bertz CT molecular complexity index is 603. The highest BCUT2D eigenvalue weighted by atomic mass is 16.5. The molecule has 2 heterocycles. The third kappa shape index (κ3) is 2.72. The smallest absolute Gasteiger partial charge is 0.243 e. The molecule has 6 nitrogen and oxygen atoms in total. The van der Waals surface area contributed by atoms with Crippen LogP contribution in [0.15, 0.2) is 10.7 Å². The first kappa shape index (κ1) is 14.3. The van der Waals surface area contributed by atoms with Gasteiger partial charge < -0.3 is 4.52 Å². The van der Waals surface area contributed by atoms with E-state index in [1.807, 2.05) is 13.1 Å². The summed E-state index contributed by atoms with van der Waals surface area (Å²) in [6.45, 7) is 7.17. The maximum atomic E-state index is 5.33. The summed E-state index contributed by atoms with van der Waals surface area (Å²) in [5.74, 6) is 1.43. The molecule has 2 aromatic heterocycles. The summed E-state index contributed by atoms with van der Waals surface area (Å²) in [5.41, 5.74) is 2.69. The highest BCUT2D eigenvalue weighted by Crippen LogP contribution is 2.31. The fourth-order valence-electron chi connectivity index (χ4n) is 3.02. The molecule has 0 fully saturated rings. The standard InChI is InChI=1S/C15H23N5O/c1-4-14-18-15(21-19-14)10(3)17-12-7-6-8-13-11(12)9-16-20(13)5-2/h9-10,12,17H,4-8H2,1-3H3. The van der Waals surface area contributed by atoms with Crippen LogP contribution < -0.4 is 5.32 Å². The molecule has 0 amide bonds. The van der Waals surface area contributed by atoms with Crippen molar-refractivity contribution in [2.45, 2.75) is 65.1 Å². The van der Waals surface area contributed by atoms with Crippen LogP contribution in [0.25, 0.3) is 0 Å². The average Bonchev–Trinajstić information content (AvgIpc) is 3.14. The Morgan fingerprint density at radius 2 is 2.33 bits per heavy atom. The van der Waals surface area contributed by atoms with Gasteiger partial charge in [-0.15, -0.1) is 0 Å². The minimum atomic E-state index is 0.0544. The molecule has 0 radical (unpaired) electrons. The molecule has 0 aromatic carbocycles. The Morgan fingerprint density at radius 1 is 1.48 bits per heavy atom. The Morgan fingerprint density at radius 3 is 3.05 bits per heavy atom. The summed E-state index contributed by atoms with van der Waals surface area (Å²) in [6.07, 6.45) is 6.24. The third-order valence-electron chi connectivity index (χ3n) is 4.18. The summed E-state index contributed by atoms with van der Waals surface area (Å²) in [4.78, 5) is 4.41. The van der Waals surface area contributed by atoms with E-state index in [9.17, 15) is 0 Å². The minimum absolute atomic E-state index is 0.0544. The summed E-state index contributed by atoms with van der Waals surface area (Å²) in [7, 11) is 0. The van der Waals surface area contributed by atoms with Gasteiger partial charge in [-0.25, -0.2) is 0 Å². The van der Waals surface area contributed by atoms with Crippen molar-refractivity contribution in [3.05, 3.63) is 29.2 Å². The molecule has 0 aliphatic heterocycles. The fraction of sp³-hybridized carbons (Fsp3) is 0.667. The summed E-state index contributed by atoms with van der Waals surface area (Å²) in [5, 5.41) is 12.1. The van der Waals surface area contributed by atoms with Crippen molar-refractivity contribution in [2.24, 2.45) is 0 Å². The zero-order valence-electron chi connectivity index (χ0n) is 13.0. The second-order valence-electron chi connectivity index (χ2n) is 5.60. The van der Waals surface area contributed by atoms with Crippen molar-refractivity contribution >= 4 is 0 Å². The second-order valence-corrected chi connectivity index (χ2v) is 5.60. The predicted octanol–water partition coefficient (Wildman–Crippen LogP) is 2.58. The number of rotatable bonds is 5. The molecular formula is C15H23N5O. The first-order valence-corrected chi connectivity index (χ1v) is 7.86. The monoisotopic (exact) mass is 289 g/mol. The molecule has 1 N–H and O–H groups in total. The van der Waals surface area contributed by atoms with Crippen LogP contribution in [-0.2, 0) is 19.4 Å². The van der Waals surface area contributed by atoms with Gasteiger partial charge in [0.15, 0.2) is 5.82 Å².